The van der Waals surface area contributed by atoms with E-state index in [2.05, 4.69) is 24.1 Å². The molecule has 3 nitrogen and oxygen atoms in total. The number of carbonyl (C=O) groups excluding carboxylic acids is 1. The van der Waals surface area contributed by atoms with Crippen LogP contribution in [0, 0.1) is 0 Å². The fourth-order valence-electron chi connectivity index (χ4n) is 1.29. The van der Waals surface area contributed by atoms with E-state index >= 15 is 0 Å². The van der Waals surface area contributed by atoms with Crippen LogP contribution in [0.1, 0.15) is 39.0 Å². The second-order valence-electron chi connectivity index (χ2n) is 4.23. The second kappa shape index (κ2) is 6.62. The molecule has 0 saturated heterocycles. The van der Waals surface area contributed by atoms with Gasteiger partial charge in [0.15, 0.2) is 0 Å². The third-order valence-electron chi connectivity index (χ3n) is 2.57. The molecule has 1 rings (SSSR count). The van der Waals surface area contributed by atoms with Crippen molar-refractivity contribution in [2.24, 2.45) is 0 Å². The van der Waals surface area contributed by atoms with Crippen LogP contribution in [0.25, 0.3) is 0 Å². The van der Waals surface area contributed by atoms with E-state index in [4.69, 9.17) is 0 Å². The number of hydrogen-bond donors (Lipinski definition) is 2. The number of amides is 1. The van der Waals surface area contributed by atoms with Crippen LogP contribution in [0.4, 0.5) is 0 Å². The van der Waals surface area contributed by atoms with Gasteiger partial charge in [0.2, 0.25) is 5.91 Å². The topological polar surface area (TPSA) is 41.1 Å². The number of rotatable bonds is 8. The zero-order chi connectivity index (χ0) is 11.1. The van der Waals surface area contributed by atoms with Crippen LogP contribution in [-0.4, -0.2) is 25.0 Å². The first-order valence-corrected chi connectivity index (χ1v) is 5.89. The predicted molar refractivity (Wildman–Crippen MR) is 62.7 cm³/mol. The molecule has 3 heteroatoms. The SMILES string of the molecule is C=C(CC)CNCCCC(=O)NC1CC1. The van der Waals surface area contributed by atoms with Crippen LogP contribution in [0.5, 0.6) is 0 Å². The van der Waals surface area contributed by atoms with Gasteiger partial charge in [0, 0.05) is 19.0 Å². The quantitative estimate of drug-likeness (QED) is 0.472. The molecule has 1 saturated carbocycles. The van der Waals surface area contributed by atoms with Crippen LogP contribution in [-0.2, 0) is 4.79 Å². The van der Waals surface area contributed by atoms with Crippen molar-refractivity contribution in [3.8, 4) is 0 Å². The first kappa shape index (κ1) is 12.2. The fraction of sp³-hybridized carbons (Fsp3) is 0.750. The summed E-state index contributed by atoms with van der Waals surface area (Å²) in [6, 6.07) is 0.491. The molecule has 0 atom stereocenters. The van der Waals surface area contributed by atoms with E-state index in [0.717, 1.165) is 25.9 Å². The van der Waals surface area contributed by atoms with Crippen molar-refractivity contribution in [3.05, 3.63) is 12.2 Å². The zero-order valence-electron chi connectivity index (χ0n) is 9.64. The lowest BCUT2D eigenvalue weighted by atomic mass is 10.2. The van der Waals surface area contributed by atoms with Crippen molar-refractivity contribution in [2.45, 2.75) is 45.1 Å². The maximum absolute atomic E-state index is 11.3. The summed E-state index contributed by atoms with van der Waals surface area (Å²) in [5.74, 6) is 0.202. The Morgan fingerprint density at radius 3 is 2.80 bits per heavy atom. The van der Waals surface area contributed by atoms with Crippen LogP contribution >= 0.6 is 0 Å². The molecule has 0 aliphatic heterocycles. The first-order chi connectivity index (χ1) is 7.22. The van der Waals surface area contributed by atoms with Crippen molar-refractivity contribution >= 4 is 5.91 Å². The van der Waals surface area contributed by atoms with Gasteiger partial charge in [-0.15, -0.1) is 0 Å². The monoisotopic (exact) mass is 210 g/mol. The summed E-state index contributed by atoms with van der Waals surface area (Å²) in [5, 5.41) is 6.26. The third-order valence-corrected chi connectivity index (χ3v) is 2.57. The van der Waals surface area contributed by atoms with E-state index in [1.165, 1.54) is 18.4 Å². The molecule has 0 aromatic carbocycles. The lowest BCUT2D eigenvalue weighted by Crippen LogP contribution is -2.26. The Morgan fingerprint density at radius 1 is 1.47 bits per heavy atom. The summed E-state index contributed by atoms with van der Waals surface area (Å²) in [4.78, 5) is 11.3. The van der Waals surface area contributed by atoms with Gasteiger partial charge in [-0.05, 0) is 32.2 Å². The molecule has 1 aliphatic carbocycles. The highest BCUT2D eigenvalue weighted by Gasteiger charge is 2.22. The summed E-state index contributed by atoms with van der Waals surface area (Å²) in [5.41, 5.74) is 1.22. The lowest BCUT2D eigenvalue weighted by Gasteiger charge is -2.06. The molecular weight excluding hydrogens is 188 g/mol. The van der Waals surface area contributed by atoms with Crippen LogP contribution in [0.2, 0.25) is 0 Å². The highest BCUT2D eigenvalue weighted by Crippen LogP contribution is 2.18. The Morgan fingerprint density at radius 2 is 2.20 bits per heavy atom. The normalized spacial score (nSPS) is 15.0. The summed E-state index contributed by atoms with van der Waals surface area (Å²) < 4.78 is 0. The van der Waals surface area contributed by atoms with Crippen molar-refractivity contribution in [1.29, 1.82) is 0 Å². The van der Waals surface area contributed by atoms with Crippen LogP contribution in [0.15, 0.2) is 12.2 Å². The van der Waals surface area contributed by atoms with Gasteiger partial charge >= 0.3 is 0 Å². The van der Waals surface area contributed by atoms with E-state index in [0.29, 0.717) is 12.5 Å². The molecule has 1 fully saturated rings. The minimum Gasteiger partial charge on any atom is -0.353 e. The lowest BCUT2D eigenvalue weighted by molar-refractivity contribution is -0.121. The molecule has 1 aliphatic rings. The first-order valence-electron chi connectivity index (χ1n) is 5.89. The van der Waals surface area contributed by atoms with E-state index < -0.39 is 0 Å². The maximum atomic E-state index is 11.3. The standard InChI is InChI=1S/C12H22N2O/c1-3-10(2)9-13-8-4-5-12(15)14-11-6-7-11/h11,13H,2-9H2,1H3,(H,14,15). The third kappa shape index (κ3) is 6.28. The van der Waals surface area contributed by atoms with Gasteiger partial charge in [-0.1, -0.05) is 19.1 Å². The fourth-order valence-corrected chi connectivity index (χ4v) is 1.29. The second-order valence-corrected chi connectivity index (χ2v) is 4.23. The summed E-state index contributed by atoms with van der Waals surface area (Å²) in [6.07, 6.45) is 4.91. The zero-order valence-corrected chi connectivity index (χ0v) is 9.64. The maximum Gasteiger partial charge on any atom is 0.220 e. The number of nitrogens with one attached hydrogen (secondary N) is 2. The molecule has 0 aromatic heterocycles. The van der Waals surface area contributed by atoms with Crippen molar-refractivity contribution in [2.75, 3.05) is 13.1 Å². The van der Waals surface area contributed by atoms with Crippen LogP contribution < -0.4 is 10.6 Å². The Balaban J connectivity index is 1.87. The average Bonchev–Trinajstić information content (AvgIpc) is 3.00. The summed E-state index contributed by atoms with van der Waals surface area (Å²) >= 11 is 0. The molecule has 0 spiro atoms. The van der Waals surface area contributed by atoms with E-state index in [9.17, 15) is 4.79 Å². The molecule has 15 heavy (non-hydrogen) atoms. The van der Waals surface area contributed by atoms with Crippen molar-refractivity contribution < 1.29 is 4.79 Å². The van der Waals surface area contributed by atoms with Crippen molar-refractivity contribution in [3.63, 3.8) is 0 Å². The van der Waals surface area contributed by atoms with E-state index in [1.54, 1.807) is 0 Å². The summed E-state index contributed by atoms with van der Waals surface area (Å²) in [7, 11) is 0. The molecular formula is C12H22N2O. The minimum atomic E-state index is 0.202. The number of hydrogen-bond acceptors (Lipinski definition) is 2. The Labute approximate surface area is 92.3 Å². The van der Waals surface area contributed by atoms with Gasteiger partial charge in [0.05, 0.1) is 0 Å². The van der Waals surface area contributed by atoms with Crippen LogP contribution in [0.3, 0.4) is 0 Å². The van der Waals surface area contributed by atoms with Gasteiger partial charge < -0.3 is 10.6 Å². The predicted octanol–water partition coefficient (Wildman–Crippen LogP) is 1.60. The Kier molecular flexibility index (Phi) is 5.40. The Hall–Kier alpha value is -0.830. The van der Waals surface area contributed by atoms with Gasteiger partial charge in [0.25, 0.3) is 0 Å². The molecule has 0 aromatic rings. The largest absolute Gasteiger partial charge is 0.353 e. The Bertz CT molecular complexity index is 222. The molecule has 0 bridgehead atoms. The smallest absolute Gasteiger partial charge is 0.220 e. The highest BCUT2D eigenvalue weighted by atomic mass is 16.1. The van der Waals surface area contributed by atoms with Gasteiger partial charge in [-0.2, -0.15) is 0 Å². The molecule has 1 amide bonds. The molecule has 0 heterocycles. The summed E-state index contributed by atoms with van der Waals surface area (Å²) in [6.45, 7) is 7.79. The van der Waals surface area contributed by atoms with Crippen molar-refractivity contribution in [1.82, 2.24) is 10.6 Å². The molecule has 0 radical (unpaired) electrons. The van der Waals surface area contributed by atoms with Gasteiger partial charge in [0.1, 0.15) is 0 Å². The van der Waals surface area contributed by atoms with Gasteiger partial charge in [-0.3, -0.25) is 4.79 Å². The average molecular weight is 210 g/mol. The minimum absolute atomic E-state index is 0.202. The van der Waals surface area contributed by atoms with E-state index in [-0.39, 0.29) is 5.91 Å². The highest BCUT2D eigenvalue weighted by molar-refractivity contribution is 5.76. The molecule has 0 unspecified atom stereocenters. The van der Waals surface area contributed by atoms with E-state index in [1.807, 2.05) is 0 Å². The van der Waals surface area contributed by atoms with Gasteiger partial charge in [-0.25, -0.2) is 0 Å². The number of carbonyl (C=O) groups is 1. The molecule has 2 N–H and O–H groups in total. The molecule has 86 valence electrons.